The van der Waals surface area contributed by atoms with Crippen LogP contribution in [0.25, 0.3) is 22.4 Å². The van der Waals surface area contributed by atoms with Crippen LogP contribution in [0.5, 0.6) is 0 Å². The van der Waals surface area contributed by atoms with Crippen molar-refractivity contribution in [2.45, 2.75) is 6.92 Å². The second kappa shape index (κ2) is 8.76. The second-order valence-electron chi connectivity index (χ2n) is 6.73. The van der Waals surface area contributed by atoms with Crippen LogP contribution >= 0.6 is 11.6 Å². The van der Waals surface area contributed by atoms with Gasteiger partial charge in [-0.1, -0.05) is 84.4 Å². The SMILES string of the molecule is C/C(=N\NC(=O)c1cc(-c2ccccc2Cl)n[nH]1)c1ccc(-c2ccccc2)cc1. The van der Waals surface area contributed by atoms with Crippen molar-refractivity contribution < 1.29 is 4.79 Å². The van der Waals surface area contributed by atoms with E-state index in [2.05, 4.69) is 32.9 Å². The van der Waals surface area contributed by atoms with Gasteiger partial charge >= 0.3 is 0 Å². The molecule has 0 aliphatic heterocycles. The molecular weight excluding hydrogens is 396 g/mol. The Morgan fingerprint density at radius 3 is 2.33 bits per heavy atom. The molecule has 0 fully saturated rings. The van der Waals surface area contributed by atoms with E-state index >= 15 is 0 Å². The summed E-state index contributed by atoms with van der Waals surface area (Å²) in [7, 11) is 0. The zero-order valence-electron chi connectivity index (χ0n) is 16.3. The van der Waals surface area contributed by atoms with E-state index in [0.717, 1.165) is 22.3 Å². The minimum atomic E-state index is -0.374. The highest BCUT2D eigenvalue weighted by molar-refractivity contribution is 6.33. The van der Waals surface area contributed by atoms with Crippen molar-refractivity contribution in [1.82, 2.24) is 15.6 Å². The summed E-state index contributed by atoms with van der Waals surface area (Å²) in [4.78, 5) is 12.4. The molecule has 0 spiro atoms. The van der Waals surface area contributed by atoms with Crippen molar-refractivity contribution in [3.63, 3.8) is 0 Å². The number of carbonyl (C=O) groups excluding carboxylic acids is 1. The molecule has 4 rings (SSSR count). The third-order valence-electron chi connectivity index (χ3n) is 4.71. The number of H-pyrrole nitrogens is 1. The quantitative estimate of drug-likeness (QED) is 0.332. The fourth-order valence-electron chi connectivity index (χ4n) is 3.04. The molecule has 30 heavy (non-hydrogen) atoms. The number of hydrazone groups is 1. The first kappa shape index (κ1) is 19.6. The van der Waals surface area contributed by atoms with Crippen LogP contribution in [-0.4, -0.2) is 21.8 Å². The minimum absolute atomic E-state index is 0.306. The molecule has 0 unspecified atom stereocenters. The van der Waals surface area contributed by atoms with Gasteiger partial charge in [0, 0.05) is 5.56 Å². The van der Waals surface area contributed by atoms with Crippen LogP contribution in [0, 0.1) is 0 Å². The molecule has 0 radical (unpaired) electrons. The lowest BCUT2D eigenvalue weighted by molar-refractivity contribution is 0.0950. The summed E-state index contributed by atoms with van der Waals surface area (Å²) in [6.07, 6.45) is 0. The Morgan fingerprint density at radius 2 is 1.60 bits per heavy atom. The Kier molecular flexibility index (Phi) is 5.72. The molecule has 0 aliphatic rings. The van der Waals surface area contributed by atoms with Gasteiger partial charge in [0.05, 0.1) is 16.4 Å². The number of carbonyl (C=O) groups is 1. The van der Waals surface area contributed by atoms with Gasteiger partial charge in [0.25, 0.3) is 5.91 Å². The lowest BCUT2D eigenvalue weighted by Crippen LogP contribution is -2.19. The molecule has 0 aliphatic carbocycles. The maximum absolute atomic E-state index is 12.4. The zero-order chi connectivity index (χ0) is 20.9. The lowest BCUT2D eigenvalue weighted by Gasteiger charge is -2.05. The maximum atomic E-state index is 12.4. The van der Waals surface area contributed by atoms with E-state index in [4.69, 9.17) is 11.6 Å². The van der Waals surface area contributed by atoms with Crippen molar-refractivity contribution in [3.8, 4) is 22.4 Å². The lowest BCUT2D eigenvalue weighted by atomic mass is 10.0. The molecule has 0 saturated heterocycles. The van der Waals surface area contributed by atoms with Crippen LogP contribution in [0.15, 0.2) is 90.0 Å². The number of hydrogen-bond acceptors (Lipinski definition) is 3. The van der Waals surface area contributed by atoms with Crippen LogP contribution in [0.4, 0.5) is 0 Å². The first-order valence-corrected chi connectivity index (χ1v) is 9.80. The Balaban J connectivity index is 1.45. The summed E-state index contributed by atoms with van der Waals surface area (Å²) >= 11 is 6.19. The van der Waals surface area contributed by atoms with Gasteiger partial charge in [0.1, 0.15) is 5.69 Å². The summed E-state index contributed by atoms with van der Waals surface area (Å²) in [5.41, 5.74) is 8.14. The fraction of sp³-hybridized carbons (Fsp3) is 0.0417. The summed E-state index contributed by atoms with van der Waals surface area (Å²) < 4.78 is 0. The summed E-state index contributed by atoms with van der Waals surface area (Å²) in [5, 5.41) is 11.7. The Bertz CT molecular complexity index is 1200. The molecule has 0 atom stereocenters. The Morgan fingerprint density at radius 1 is 0.933 bits per heavy atom. The molecule has 1 aromatic heterocycles. The number of nitrogens with one attached hydrogen (secondary N) is 2. The molecule has 1 amide bonds. The van der Waals surface area contributed by atoms with E-state index in [9.17, 15) is 4.79 Å². The number of hydrogen-bond donors (Lipinski definition) is 2. The number of halogens is 1. The van der Waals surface area contributed by atoms with Crippen LogP contribution in [0.1, 0.15) is 23.0 Å². The monoisotopic (exact) mass is 414 g/mol. The largest absolute Gasteiger partial charge is 0.289 e. The molecule has 0 saturated carbocycles. The highest BCUT2D eigenvalue weighted by Gasteiger charge is 2.12. The van der Waals surface area contributed by atoms with Crippen LogP contribution in [0.2, 0.25) is 5.02 Å². The topological polar surface area (TPSA) is 70.1 Å². The van der Waals surface area contributed by atoms with E-state index in [1.54, 1.807) is 12.1 Å². The number of nitrogens with zero attached hydrogens (tertiary/aromatic N) is 2. The molecule has 3 aromatic carbocycles. The predicted octanol–water partition coefficient (Wildman–Crippen LogP) is 5.55. The van der Waals surface area contributed by atoms with Gasteiger partial charge in [-0.15, -0.1) is 0 Å². The molecule has 6 heteroatoms. The van der Waals surface area contributed by atoms with Crippen LogP contribution in [0.3, 0.4) is 0 Å². The predicted molar refractivity (Wildman–Crippen MR) is 121 cm³/mol. The third-order valence-corrected chi connectivity index (χ3v) is 5.04. The van der Waals surface area contributed by atoms with Crippen molar-refractivity contribution in [2.24, 2.45) is 5.10 Å². The molecule has 0 bridgehead atoms. The van der Waals surface area contributed by atoms with Gasteiger partial charge in [0.2, 0.25) is 0 Å². The number of rotatable bonds is 5. The van der Waals surface area contributed by atoms with E-state index in [-0.39, 0.29) is 5.91 Å². The van der Waals surface area contributed by atoms with Crippen molar-refractivity contribution >= 4 is 23.2 Å². The normalized spacial score (nSPS) is 11.3. The van der Waals surface area contributed by atoms with Gasteiger partial charge < -0.3 is 0 Å². The highest BCUT2D eigenvalue weighted by atomic mass is 35.5. The second-order valence-corrected chi connectivity index (χ2v) is 7.14. The number of benzene rings is 3. The Labute approximate surface area is 179 Å². The van der Waals surface area contributed by atoms with Crippen LogP contribution < -0.4 is 5.43 Å². The molecule has 2 N–H and O–H groups in total. The van der Waals surface area contributed by atoms with E-state index in [1.807, 2.05) is 67.6 Å². The minimum Gasteiger partial charge on any atom is -0.272 e. The van der Waals surface area contributed by atoms with Crippen molar-refractivity contribution in [1.29, 1.82) is 0 Å². The number of aromatic amines is 1. The molecular formula is C24H19ClN4O. The highest BCUT2D eigenvalue weighted by Crippen LogP contribution is 2.26. The van der Waals surface area contributed by atoms with Crippen molar-refractivity contribution in [3.05, 3.63) is 101 Å². The van der Waals surface area contributed by atoms with Crippen molar-refractivity contribution in [2.75, 3.05) is 0 Å². The molecule has 5 nitrogen and oxygen atoms in total. The molecule has 148 valence electrons. The van der Waals surface area contributed by atoms with Gasteiger partial charge in [-0.3, -0.25) is 9.89 Å². The summed E-state index contributed by atoms with van der Waals surface area (Å²) in [6.45, 7) is 1.85. The van der Waals surface area contributed by atoms with Gasteiger partial charge in [-0.05, 0) is 35.7 Å². The van der Waals surface area contributed by atoms with Crippen LogP contribution in [-0.2, 0) is 0 Å². The number of amides is 1. The van der Waals surface area contributed by atoms with E-state index < -0.39 is 0 Å². The van der Waals surface area contributed by atoms with Gasteiger partial charge in [-0.25, -0.2) is 5.43 Å². The first-order chi connectivity index (χ1) is 14.6. The standard InChI is InChI=1S/C24H19ClN4O/c1-16(17-11-13-19(14-12-17)18-7-3-2-4-8-18)26-29-24(30)23-15-22(27-28-23)20-9-5-6-10-21(20)25/h2-15H,1H3,(H,27,28)(H,29,30)/b26-16+. The van der Waals surface area contributed by atoms with E-state index in [0.29, 0.717) is 22.1 Å². The number of aromatic nitrogens is 2. The zero-order valence-corrected chi connectivity index (χ0v) is 17.0. The fourth-order valence-corrected chi connectivity index (χ4v) is 3.27. The first-order valence-electron chi connectivity index (χ1n) is 9.42. The average Bonchev–Trinajstić information content (AvgIpc) is 3.28. The third kappa shape index (κ3) is 4.31. The summed E-state index contributed by atoms with van der Waals surface area (Å²) in [6, 6.07) is 27.2. The van der Waals surface area contributed by atoms with Gasteiger partial charge in [0.15, 0.2) is 0 Å². The molecule has 4 aromatic rings. The average molecular weight is 415 g/mol. The molecule has 1 heterocycles. The maximum Gasteiger partial charge on any atom is 0.289 e. The Hall–Kier alpha value is -3.70. The van der Waals surface area contributed by atoms with E-state index in [1.165, 1.54) is 0 Å². The van der Waals surface area contributed by atoms with Gasteiger partial charge in [-0.2, -0.15) is 10.2 Å². The summed E-state index contributed by atoms with van der Waals surface area (Å²) in [5.74, 6) is -0.374. The smallest absolute Gasteiger partial charge is 0.272 e.